The second-order valence-corrected chi connectivity index (χ2v) is 5.32. The Bertz CT molecular complexity index is 821. The number of allylic oxidation sites excluding steroid dienone is 1. The third-order valence-corrected chi connectivity index (χ3v) is 3.81. The second-order valence-electron chi connectivity index (χ2n) is 5.32. The number of nitrogens with one attached hydrogen (secondary N) is 1. The fourth-order valence-corrected chi connectivity index (χ4v) is 2.52. The van der Waals surface area contributed by atoms with Crippen LogP contribution in [-0.4, -0.2) is 33.9 Å². The van der Waals surface area contributed by atoms with Gasteiger partial charge in [-0.15, -0.1) is 0 Å². The summed E-state index contributed by atoms with van der Waals surface area (Å²) in [5.41, 5.74) is 1.20. The summed E-state index contributed by atoms with van der Waals surface area (Å²) < 4.78 is 26.4. The van der Waals surface area contributed by atoms with Crippen LogP contribution in [0.5, 0.6) is 28.7 Å². The van der Waals surface area contributed by atoms with Crippen LogP contribution in [0.2, 0.25) is 0 Å². The summed E-state index contributed by atoms with van der Waals surface area (Å²) in [5.74, 6) is 2.59. The highest BCUT2D eigenvalue weighted by Gasteiger charge is 2.15. The summed E-state index contributed by atoms with van der Waals surface area (Å²) in [6, 6.07) is 8.57. The zero-order valence-corrected chi connectivity index (χ0v) is 14.7. The zero-order valence-electron chi connectivity index (χ0n) is 14.7. The van der Waals surface area contributed by atoms with E-state index in [1.54, 1.807) is 50.8 Å². The van der Waals surface area contributed by atoms with Crippen LogP contribution >= 0.6 is 0 Å². The van der Waals surface area contributed by atoms with E-state index in [1.165, 1.54) is 13.2 Å². The van der Waals surface area contributed by atoms with Gasteiger partial charge < -0.3 is 29.0 Å². The molecule has 1 N–H and O–H groups in total. The molecular weight excluding hydrogens is 338 g/mol. The van der Waals surface area contributed by atoms with Gasteiger partial charge in [0, 0.05) is 35.7 Å². The summed E-state index contributed by atoms with van der Waals surface area (Å²) in [5, 5.41) is 3.03. The van der Waals surface area contributed by atoms with E-state index in [9.17, 15) is 4.79 Å². The monoisotopic (exact) mass is 357 g/mol. The van der Waals surface area contributed by atoms with Crippen molar-refractivity contribution in [1.29, 1.82) is 0 Å². The molecule has 0 spiro atoms. The molecule has 0 aliphatic carbocycles. The summed E-state index contributed by atoms with van der Waals surface area (Å²) in [6.07, 6.45) is 2.98. The van der Waals surface area contributed by atoms with Gasteiger partial charge >= 0.3 is 0 Å². The number of carbonyl (C=O) groups excluding carboxylic acids is 1. The van der Waals surface area contributed by atoms with Crippen molar-refractivity contribution in [3.63, 3.8) is 0 Å². The first kappa shape index (κ1) is 17.5. The Labute approximate surface area is 151 Å². The Hall–Kier alpha value is -3.35. The molecule has 136 valence electrons. The maximum atomic E-state index is 12.3. The number of rotatable bonds is 7. The molecule has 26 heavy (non-hydrogen) atoms. The maximum Gasteiger partial charge on any atom is 0.231 e. The van der Waals surface area contributed by atoms with Crippen molar-refractivity contribution in [3.05, 3.63) is 48.2 Å². The molecule has 2 aromatic rings. The molecule has 0 amide bonds. The smallest absolute Gasteiger partial charge is 0.231 e. The first-order valence-corrected chi connectivity index (χ1v) is 7.83. The van der Waals surface area contributed by atoms with Gasteiger partial charge in [-0.3, -0.25) is 4.79 Å². The van der Waals surface area contributed by atoms with Gasteiger partial charge in [-0.2, -0.15) is 0 Å². The number of anilines is 1. The van der Waals surface area contributed by atoms with Gasteiger partial charge in [0.2, 0.25) is 12.5 Å². The molecule has 0 atom stereocenters. The minimum absolute atomic E-state index is 0.164. The number of hydrogen-bond donors (Lipinski definition) is 1. The van der Waals surface area contributed by atoms with Crippen LogP contribution in [0.3, 0.4) is 0 Å². The lowest BCUT2D eigenvalue weighted by molar-refractivity contribution is 0.104. The number of ether oxygens (including phenoxy) is 5. The molecule has 0 bridgehead atoms. The minimum atomic E-state index is -0.164. The van der Waals surface area contributed by atoms with E-state index in [-0.39, 0.29) is 12.6 Å². The van der Waals surface area contributed by atoms with Crippen molar-refractivity contribution >= 4 is 11.5 Å². The summed E-state index contributed by atoms with van der Waals surface area (Å²) >= 11 is 0. The number of hydrogen-bond acceptors (Lipinski definition) is 7. The molecule has 2 aromatic carbocycles. The van der Waals surface area contributed by atoms with E-state index in [1.807, 2.05) is 0 Å². The highest BCUT2D eigenvalue weighted by molar-refractivity contribution is 6.05. The zero-order chi connectivity index (χ0) is 18.5. The normalized spacial score (nSPS) is 12.1. The van der Waals surface area contributed by atoms with Crippen LogP contribution in [0.1, 0.15) is 10.4 Å². The fraction of sp³-hybridized carbons (Fsp3) is 0.211. The highest BCUT2D eigenvalue weighted by atomic mass is 16.7. The molecule has 1 aliphatic heterocycles. The van der Waals surface area contributed by atoms with Crippen molar-refractivity contribution in [3.8, 4) is 28.7 Å². The van der Waals surface area contributed by atoms with Crippen LogP contribution < -0.4 is 29.0 Å². The van der Waals surface area contributed by atoms with E-state index in [0.717, 1.165) is 0 Å². The van der Waals surface area contributed by atoms with Crippen molar-refractivity contribution in [1.82, 2.24) is 0 Å². The van der Waals surface area contributed by atoms with Gasteiger partial charge in [0.25, 0.3) is 0 Å². The molecule has 0 saturated heterocycles. The van der Waals surface area contributed by atoms with Gasteiger partial charge in [0.15, 0.2) is 28.8 Å². The quantitative estimate of drug-likeness (QED) is 0.602. The van der Waals surface area contributed by atoms with Gasteiger partial charge in [0.05, 0.1) is 21.3 Å². The second kappa shape index (κ2) is 7.69. The van der Waals surface area contributed by atoms with E-state index in [2.05, 4.69) is 5.32 Å². The lowest BCUT2D eigenvalue weighted by Gasteiger charge is -2.13. The predicted molar refractivity (Wildman–Crippen MR) is 95.8 cm³/mol. The Kier molecular flexibility index (Phi) is 5.17. The fourth-order valence-electron chi connectivity index (χ4n) is 2.52. The lowest BCUT2D eigenvalue weighted by atomic mass is 10.1. The topological polar surface area (TPSA) is 75.3 Å². The number of benzene rings is 2. The van der Waals surface area contributed by atoms with Crippen molar-refractivity contribution < 1.29 is 28.5 Å². The molecule has 3 rings (SSSR count). The van der Waals surface area contributed by atoms with Crippen LogP contribution in [0.4, 0.5) is 5.69 Å². The molecule has 0 saturated carbocycles. The molecule has 7 heteroatoms. The summed E-state index contributed by atoms with van der Waals surface area (Å²) in [6.45, 7) is 0.172. The number of methoxy groups -OCH3 is 3. The van der Waals surface area contributed by atoms with Crippen LogP contribution in [0.15, 0.2) is 42.6 Å². The Morgan fingerprint density at radius 1 is 1.00 bits per heavy atom. The SMILES string of the molecule is COc1cc(N/C=C/C(=O)c2ccc3c(c2)OCO3)cc(OC)c1OC. The van der Waals surface area contributed by atoms with E-state index in [4.69, 9.17) is 23.7 Å². The van der Waals surface area contributed by atoms with Crippen molar-refractivity contribution in [2.75, 3.05) is 33.4 Å². The van der Waals surface area contributed by atoms with Crippen LogP contribution in [-0.2, 0) is 0 Å². The molecular formula is C19H19NO6. The highest BCUT2D eigenvalue weighted by Crippen LogP contribution is 2.40. The molecule has 0 fully saturated rings. The van der Waals surface area contributed by atoms with Gasteiger partial charge in [-0.25, -0.2) is 0 Å². The average molecular weight is 357 g/mol. The lowest BCUT2D eigenvalue weighted by Crippen LogP contribution is -1.99. The Morgan fingerprint density at radius 2 is 1.69 bits per heavy atom. The molecule has 0 unspecified atom stereocenters. The largest absolute Gasteiger partial charge is 0.493 e. The molecule has 7 nitrogen and oxygen atoms in total. The average Bonchev–Trinajstić information content (AvgIpc) is 3.14. The minimum Gasteiger partial charge on any atom is -0.493 e. The van der Waals surface area contributed by atoms with E-state index < -0.39 is 0 Å². The third kappa shape index (κ3) is 3.51. The molecule has 1 aliphatic rings. The van der Waals surface area contributed by atoms with Gasteiger partial charge in [0.1, 0.15) is 0 Å². The van der Waals surface area contributed by atoms with E-state index >= 15 is 0 Å². The predicted octanol–water partition coefficient (Wildman–Crippen LogP) is 3.25. The summed E-state index contributed by atoms with van der Waals surface area (Å²) in [7, 11) is 4.62. The molecule has 0 radical (unpaired) electrons. The first-order valence-electron chi connectivity index (χ1n) is 7.83. The van der Waals surface area contributed by atoms with Crippen LogP contribution in [0, 0.1) is 0 Å². The Balaban J connectivity index is 1.73. The van der Waals surface area contributed by atoms with Gasteiger partial charge in [-0.05, 0) is 18.2 Å². The standard InChI is InChI=1S/C19H19NO6/c1-22-17-9-13(10-18(23-2)19(17)24-3)20-7-6-14(21)12-4-5-15-16(8-12)26-11-25-15/h4-10,20H,11H2,1-3H3/b7-6+. The van der Waals surface area contributed by atoms with Crippen molar-refractivity contribution in [2.45, 2.75) is 0 Å². The van der Waals surface area contributed by atoms with Crippen molar-refractivity contribution in [2.24, 2.45) is 0 Å². The number of fused-ring (bicyclic) bond motifs is 1. The Morgan fingerprint density at radius 3 is 2.35 bits per heavy atom. The summed E-state index contributed by atoms with van der Waals surface area (Å²) in [4.78, 5) is 12.3. The maximum absolute atomic E-state index is 12.3. The van der Waals surface area contributed by atoms with Crippen LogP contribution in [0.25, 0.3) is 0 Å². The number of carbonyl (C=O) groups is 1. The first-order chi connectivity index (χ1) is 12.7. The number of ketones is 1. The third-order valence-electron chi connectivity index (χ3n) is 3.81. The molecule has 0 aromatic heterocycles. The molecule has 1 heterocycles. The van der Waals surface area contributed by atoms with Gasteiger partial charge in [-0.1, -0.05) is 0 Å². The van der Waals surface area contributed by atoms with E-state index in [0.29, 0.717) is 40.0 Å².